The summed E-state index contributed by atoms with van der Waals surface area (Å²) in [6.07, 6.45) is 1.16. The van der Waals surface area contributed by atoms with Gasteiger partial charge >= 0.3 is 0 Å². The van der Waals surface area contributed by atoms with Crippen LogP contribution in [0.3, 0.4) is 0 Å². The van der Waals surface area contributed by atoms with Gasteiger partial charge in [-0.2, -0.15) is 0 Å². The summed E-state index contributed by atoms with van der Waals surface area (Å²) >= 11 is 3.42. The Morgan fingerprint density at radius 1 is 1.30 bits per heavy atom. The molecule has 0 aliphatic heterocycles. The van der Waals surface area contributed by atoms with Crippen LogP contribution in [0.5, 0.6) is 0 Å². The third-order valence-electron chi connectivity index (χ3n) is 3.06. The summed E-state index contributed by atoms with van der Waals surface area (Å²) in [5, 5.41) is 3.20. The van der Waals surface area contributed by atoms with Crippen LogP contribution in [0.4, 0.5) is 0 Å². The molecule has 1 aromatic carbocycles. The predicted molar refractivity (Wildman–Crippen MR) is 99.0 cm³/mol. The van der Waals surface area contributed by atoms with Gasteiger partial charge in [-0.3, -0.25) is 4.99 Å². The Hall–Kier alpha value is -1.12. The van der Waals surface area contributed by atoms with Gasteiger partial charge in [-0.1, -0.05) is 28.1 Å². The lowest BCUT2D eigenvalue weighted by Crippen LogP contribution is -2.53. The minimum atomic E-state index is -3.26. The summed E-state index contributed by atoms with van der Waals surface area (Å²) in [6.45, 7) is 4.77. The van der Waals surface area contributed by atoms with E-state index in [-0.39, 0.29) is 0 Å². The number of hydrogen-bond donors (Lipinski definition) is 2. The number of guanidine groups is 1. The third-order valence-corrected chi connectivity index (χ3v) is 4.51. The van der Waals surface area contributed by atoms with Crippen molar-refractivity contribution < 1.29 is 8.42 Å². The van der Waals surface area contributed by atoms with Gasteiger partial charge in [0.15, 0.2) is 5.96 Å². The molecule has 0 radical (unpaired) electrons. The van der Waals surface area contributed by atoms with Crippen molar-refractivity contribution in [2.24, 2.45) is 4.99 Å². The fraction of sp³-hybridized carbons (Fsp3) is 0.533. The summed E-state index contributed by atoms with van der Waals surface area (Å²) in [6, 6.07) is 8.09. The first-order chi connectivity index (χ1) is 10.5. The van der Waals surface area contributed by atoms with Gasteiger partial charge in [0.05, 0.1) is 6.26 Å². The van der Waals surface area contributed by atoms with Crippen LogP contribution in [-0.2, 0) is 16.6 Å². The number of nitrogens with zero attached hydrogens (tertiary/aromatic N) is 2. The van der Waals surface area contributed by atoms with Crippen LogP contribution in [-0.4, -0.2) is 51.7 Å². The van der Waals surface area contributed by atoms with Crippen molar-refractivity contribution in [2.45, 2.75) is 25.9 Å². The lowest BCUT2D eigenvalue weighted by Gasteiger charge is -2.29. The molecule has 0 unspecified atom stereocenters. The quantitative estimate of drug-likeness (QED) is 0.559. The Labute approximate surface area is 147 Å². The van der Waals surface area contributed by atoms with Crippen LogP contribution < -0.4 is 10.0 Å². The molecular formula is C15H25BrN4O2S. The lowest BCUT2D eigenvalue weighted by molar-refractivity contribution is 0.422. The maximum absolute atomic E-state index is 11.4. The molecular weight excluding hydrogens is 380 g/mol. The van der Waals surface area contributed by atoms with Crippen molar-refractivity contribution in [1.29, 1.82) is 0 Å². The molecule has 0 saturated carbocycles. The highest BCUT2D eigenvalue weighted by Crippen LogP contribution is 2.12. The topological polar surface area (TPSA) is 73.8 Å². The largest absolute Gasteiger partial charge is 0.354 e. The summed E-state index contributed by atoms with van der Waals surface area (Å²) in [7, 11) is 0.387. The SMILES string of the molecule is CN=C(NCC(C)(C)NS(C)(=O)=O)N(C)Cc1ccc(Br)cc1. The van der Waals surface area contributed by atoms with E-state index in [4.69, 9.17) is 0 Å². The van der Waals surface area contributed by atoms with Crippen molar-refractivity contribution in [3.05, 3.63) is 34.3 Å². The Kier molecular flexibility index (Phi) is 7.03. The first-order valence-corrected chi connectivity index (χ1v) is 9.86. The first-order valence-electron chi connectivity index (χ1n) is 7.17. The number of aliphatic imine (C=N–C) groups is 1. The van der Waals surface area contributed by atoms with Crippen molar-refractivity contribution in [3.8, 4) is 0 Å². The zero-order valence-corrected chi connectivity index (χ0v) is 16.6. The molecule has 0 heterocycles. The molecule has 0 bridgehead atoms. The standard InChI is InChI=1S/C15H25BrN4O2S/c1-15(2,19-23(5,21)22)11-18-14(17-3)20(4)10-12-6-8-13(16)9-7-12/h6-9,19H,10-11H2,1-5H3,(H,17,18). The average Bonchev–Trinajstić information content (AvgIpc) is 2.39. The molecule has 2 N–H and O–H groups in total. The Morgan fingerprint density at radius 3 is 2.35 bits per heavy atom. The van der Waals surface area contributed by atoms with Gasteiger partial charge in [-0.05, 0) is 31.5 Å². The maximum atomic E-state index is 11.4. The van der Waals surface area contributed by atoms with E-state index in [1.807, 2.05) is 50.1 Å². The average molecular weight is 405 g/mol. The van der Waals surface area contributed by atoms with E-state index < -0.39 is 15.6 Å². The van der Waals surface area contributed by atoms with Gasteiger partial charge < -0.3 is 10.2 Å². The molecule has 0 aromatic heterocycles. The van der Waals surface area contributed by atoms with Gasteiger partial charge in [0.1, 0.15) is 0 Å². The molecule has 6 nitrogen and oxygen atoms in total. The van der Waals surface area contributed by atoms with Crippen LogP contribution in [0.1, 0.15) is 19.4 Å². The zero-order chi connectivity index (χ0) is 17.7. The van der Waals surface area contributed by atoms with Crippen LogP contribution in [0.2, 0.25) is 0 Å². The monoisotopic (exact) mass is 404 g/mol. The molecule has 0 atom stereocenters. The van der Waals surface area contributed by atoms with E-state index in [1.54, 1.807) is 7.05 Å². The highest BCUT2D eigenvalue weighted by Gasteiger charge is 2.22. The number of benzene rings is 1. The molecule has 0 aliphatic rings. The van der Waals surface area contributed by atoms with Crippen LogP contribution in [0.15, 0.2) is 33.7 Å². The van der Waals surface area contributed by atoms with Gasteiger partial charge in [0.25, 0.3) is 0 Å². The van der Waals surface area contributed by atoms with Gasteiger partial charge in [-0.15, -0.1) is 0 Å². The maximum Gasteiger partial charge on any atom is 0.209 e. The van der Waals surface area contributed by atoms with Crippen LogP contribution in [0, 0.1) is 0 Å². The second kappa shape index (κ2) is 8.12. The van der Waals surface area contributed by atoms with Crippen LogP contribution >= 0.6 is 15.9 Å². The van der Waals surface area contributed by atoms with E-state index in [0.717, 1.165) is 16.3 Å². The molecule has 23 heavy (non-hydrogen) atoms. The molecule has 1 aromatic rings. The second-order valence-corrected chi connectivity index (χ2v) is 8.81. The van der Waals surface area contributed by atoms with Crippen molar-refractivity contribution in [1.82, 2.24) is 14.9 Å². The Bertz CT molecular complexity index is 642. The molecule has 130 valence electrons. The predicted octanol–water partition coefficient (Wildman–Crippen LogP) is 1.78. The summed E-state index contributed by atoms with van der Waals surface area (Å²) < 4.78 is 26.4. The summed E-state index contributed by atoms with van der Waals surface area (Å²) in [5.74, 6) is 0.705. The van der Waals surface area contributed by atoms with E-state index >= 15 is 0 Å². The fourth-order valence-electron chi connectivity index (χ4n) is 2.16. The number of halogens is 1. The summed E-state index contributed by atoms with van der Waals surface area (Å²) in [5.41, 5.74) is 0.550. The highest BCUT2D eigenvalue weighted by atomic mass is 79.9. The van der Waals surface area contributed by atoms with Gasteiger partial charge in [0, 0.05) is 37.2 Å². The highest BCUT2D eigenvalue weighted by molar-refractivity contribution is 9.10. The van der Waals surface area contributed by atoms with E-state index in [9.17, 15) is 8.42 Å². The molecule has 0 spiro atoms. The minimum Gasteiger partial charge on any atom is -0.354 e. The van der Waals surface area contributed by atoms with Gasteiger partial charge in [-0.25, -0.2) is 13.1 Å². The number of rotatable bonds is 6. The normalized spacial score (nSPS) is 13.0. The first kappa shape index (κ1) is 19.9. The van der Waals surface area contributed by atoms with E-state index in [0.29, 0.717) is 19.0 Å². The molecule has 0 amide bonds. The van der Waals surface area contributed by atoms with Crippen molar-refractivity contribution >= 4 is 31.9 Å². The van der Waals surface area contributed by atoms with Crippen LogP contribution in [0.25, 0.3) is 0 Å². The second-order valence-electron chi connectivity index (χ2n) is 6.14. The minimum absolute atomic E-state index is 0.428. The van der Waals surface area contributed by atoms with Crippen molar-refractivity contribution in [2.75, 3.05) is 26.9 Å². The smallest absolute Gasteiger partial charge is 0.209 e. The van der Waals surface area contributed by atoms with Gasteiger partial charge in [0.2, 0.25) is 10.0 Å². The zero-order valence-electron chi connectivity index (χ0n) is 14.2. The Morgan fingerprint density at radius 2 is 1.87 bits per heavy atom. The summed E-state index contributed by atoms with van der Waals surface area (Å²) in [4.78, 5) is 6.23. The third kappa shape index (κ3) is 7.81. The molecule has 8 heteroatoms. The molecule has 0 saturated heterocycles. The molecule has 0 aliphatic carbocycles. The lowest BCUT2D eigenvalue weighted by atomic mass is 10.1. The Balaban J connectivity index is 2.64. The number of nitrogens with one attached hydrogen (secondary N) is 2. The molecule has 1 rings (SSSR count). The van der Waals surface area contributed by atoms with E-state index in [1.165, 1.54) is 0 Å². The van der Waals surface area contributed by atoms with Crippen molar-refractivity contribution in [3.63, 3.8) is 0 Å². The molecule has 0 fully saturated rings. The number of sulfonamides is 1. The number of hydrogen-bond acceptors (Lipinski definition) is 3. The van der Waals surface area contributed by atoms with E-state index in [2.05, 4.69) is 31.0 Å². The fourth-order valence-corrected chi connectivity index (χ4v) is 3.50.